The monoisotopic (exact) mass is 401 g/mol. The maximum Gasteiger partial charge on any atom is 0.269 e. The number of hydrogen-bond acceptors (Lipinski definition) is 6. The molecule has 1 saturated heterocycles. The van der Waals surface area contributed by atoms with Crippen molar-refractivity contribution >= 4 is 23.4 Å². The SMILES string of the molecule is O=C(CSc1ccc([N+](=O)[O-])cc1)N[C@@H](CN1CCOCC1)c1ccccc1. The summed E-state index contributed by atoms with van der Waals surface area (Å²) in [6, 6.07) is 16.1. The van der Waals surface area contributed by atoms with Crippen LogP contribution in [0.15, 0.2) is 59.5 Å². The number of nitrogens with one attached hydrogen (secondary N) is 1. The Morgan fingerprint density at radius 3 is 2.46 bits per heavy atom. The van der Waals surface area contributed by atoms with E-state index >= 15 is 0 Å². The van der Waals surface area contributed by atoms with E-state index in [0.717, 1.165) is 30.1 Å². The van der Waals surface area contributed by atoms with E-state index in [-0.39, 0.29) is 23.4 Å². The number of non-ortho nitro benzene ring substituents is 1. The summed E-state index contributed by atoms with van der Waals surface area (Å²) in [5.41, 5.74) is 1.12. The van der Waals surface area contributed by atoms with Crippen LogP contribution in [0.5, 0.6) is 0 Å². The molecule has 1 amide bonds. The molecular weight excluding hydrogens is 378 g/mol. The molecule has 3 rings (SSSR count). The number of amides is 1. The van der Waals surface area contributed by atoms with Gasteiger partial charge in [-0.05, 0) is 17.7 Å². The Bertz CT molecular complexity index is 780. The Balaban J connectivity index is 1.57. The second kappa shape index (κ2) is 10.2. The lowest BCUT2D eigenvalue weighted by Crippen LogP contribution is -2.43. The minimum absolute atomic E-state index is 0.0449. The molecule has 148 valence electrons. The van der Waals surface area contributed by atoms with Crippen LogP contribution < -0.4 is 5.32 Å². The van der Waals surface area contributed by atoms with Crippen molar-refractivity contribution in [3.05, 3.63) is 70.3 Å². The molecule has 1 aliphatic rings. The normalized spacial score (nSPS) is 15.7. The summed E-state index contributed by atoms with van der Waals surface area (Å²) < 4.78 is 5.40. The Labute approximate surface area is 168 Å². The summed E-state index contributed by atoms with van der Waals surface area (Å²) in [6.45, 7) is 3.88. The molecule has 7 nitrogen and oxygen atoms in total. The molecule has 0 unspecified atom stereocenters. The highest BCUT2D eigenvalue weighted by atomic mass is 32.2. The van der Waals surface area contributed by atoms with Crippen LogP contribution in [0.25, 0.3) is 0 Å². The van der Waals surface area contributed by atoms with Crippen molar-refractivity contribution in [3.8, 4) is 0 Å². The molecule has 0 saturated carbocycles. The highest BCUT2D eigenvalue weighted by Gasteiger charge is 2.20. The number of nitro groups is 1. The fourth-order valence-corrected chi connectivity index (χ4v) is 3.72. The summed E-state index contributed by atoms with van der Waals surface area (Å²) in [6.07, 6.45) is 0. The molecule has 0 aromatic heterocycles. The molecule has 2 aromatic carbocycles. The first-order valence-electron chi connectivity index (χ1n) is 9.13. The predicted octanol–water partition coefficient (Wildman–Crippen LogP) is 2.88. The van der Waals surface area contributed by atoms with Crippen LogP contribution >= 0.6 is 11.8 Å². The average molecular weight is 401 g/mol. The molecule has 1 atom stereocenters. The van der Waals surface area contributed by atoms with E-state index in [1.807, 2.05) is 30.3 Å². The van der Waals surface area contributed by atoms with Crippen molar-refractivity contribution in [3.63, 3.8) is 0 Å². The van der Waals surface area contributed by atoms with Crippen LogP contribution in [0.2, 0.25) is 0 Å². The number of carbonyl (C=O) groups excluding carboxylic acids is 1. The summed E-state index contributed by atoms with van der Waals surface area (Å²) >= 11 is 1.36. The third-order valence-corrected chi connectivity index (χ3v) is 5.51. The van der Waals surface area contributed by atoms with Gasteiger partial charge >= 0.3 is 0 Å². The van der Waals surface area contributed by atoms with E-state index in [1.165, 1.54) is 23.9 Å². The first-order valence-corrected chi connectivity index (χ1v) is 10.1. The van der Waals surface area contributed by atoms with Gasteiger partial charge in [-0.3, -0.25) is 19.8 Å². The molecule has 2 aromatic rings. The van der Waals surface area contributed by atoms with E-state index in [0.29, 0.717) is 13.2 Å². The number of thioether (sulfide) groups is 1. The summed E-state index contributed by atoms with van der Waals surface area (Å²) in [7, 11) is 0. The maximum atomic E-state index is 12.5. The van der Waals surface area contributed by atoms with E-state index < -0.39 is 4.92 Å². The van der Waals surface area contributed by atoms with Crippen LogP contribution in [0, 0.1) is 10.1 Å². The lowest BCUT2D eigenvalue weighted by atomic mass is 10.1. The Morgan fingerprint density at radius 2 is 1.82 bits per heavy atom. The number of benzene rings is 2. The van der Waals surface area contributed by atoms with Crippen LogP contribution in [0.3, 0.4) is 0 Å². The van der Waals surface area contributed by atoms with Crippen LogP contribution in [-0.4, -0.2) is 54.3 Å². The fourth-order valence-electron chi connectivity index (χ4n) is 3.01. The number of hydrogen-bond donors (Lipinski definition) is 1. The molecule has 1 N–H and O–H groups in total. The van der Waals surface area contributed by atoms with E-state index in [9.17, 15) is 14.9 Å². The fraction of sp³-hybridized carbons (Fsp3) is 0.350. The molecule has 0 radical (unpaired) electrons. The highest BCUT2D eigenvalue weighted by Crippen LogP contribution is 2.22. The number of morpholine rings is 1. The minimum Gasteiger partial charge on any atom is -0.379 e. The molecular formula is C20H23N3O4S. The molecule has 1 aliphatic heterocycles. The van der Waals surface area contributed by atoms with Gasteiger partial charge in [-0.25, -0.2) is 0 Å². The van der Waals surface area contributed by atoms with Crippen molar-refractivity contribution in [2.75, 3.05) is 38.6 Å². The first kappa shape index (κ1) is 20.3. The predicted molar refractivity (Wildman–Crippen MR) is 108 cm³/mol. The lowest BCUT2D eigenvalue weighted by molar-refractivity contribution is -0.384. The Kier molecular flexibility index (Phi) is 7.41. The Morgan fingerprint density at radius 1 is 1.14 bits per heavy atom. The summed E-state index contributed by atoms with van der Waals surface area (Å²) in [5.74, 6) is 0.190. The maximum absolute atomic E-state index is 12.5. The van der Waals surface area contributed by atoms with Gasteiger partial charge in [0, 0.05) is 36.7 Å². The van der Waals surface area contributed by atoms with Crippen LogP contribution in [-0.2, 0) is 9.53 Å². The molecule has 1 heterocycles. The van der Waals surface area contributed by atoms with Crippen molar-refractivity contribution < 1.29 is 14.5 Å². The zero-order chi connectivity index (χ0) is 19.8. The van der Waals surface area contributed by atoms with Gasteiger partial charge in [0.1, 0.15) is 0 Å². The third-order valence-electron chi connectivity index (χ3n) is 4.50. The number of ether oxygens (including phenoxy) is 1. The van der Waals surface area contributed by atoms with Crippen LogP contribution in [0.1, 0.15) is 11.6 Å². The quantitative estimate of drug-likeness (QED) is 0.416. The van der Waals surface area contributed by atoms with Gasteiger partial charge in [-0.15, -0.1) is 11.8 Å². The van der Waals surface area contributed by atoms with E-state index in [2.05, 4.69) is 10.2 Å². The molecule has 8 heteroatoms. The Hall–Kier alpha value is -2.42. The van der Waals surface area contributed by atoms with Crippen molar-refractivity contribution in [1.82, 2.24) is 10.2 Å². The minimum atomic E-state index is -0.433. The zero-order valence-electron chi connectivity index (χ0n) is 15.5. The molecule has 1 fully saturated rings. The molecule has 0 aliphatic carbocycles. The number of nitro benzene ring substituents is 1. The van der Waals surface area contributed by atoms with Crippen molar-refractivity contribution in [1.29, 1.82) is 0 Å². The second-order valence-corrected chi connectivity index (χ2v) is 7.53. The first-order chi connectivity index (χ1) is 13.6. The lowest BCUT2D eigenvalue weighted by Gasteiger charge is -2.31. The van der Waals surface area contributed by atoms with E-state index in [4.69, 9.17) is 4.74 Å². The smallest absolute Gasteiger partial charge is 0.269 e. The molecule has 0 bridgehead atoms. The number of nitrogens with zero attached hydrogens (tertiary/aromatic N) is 2. The van der Waals surface area contributed by atoms with Gasteiger partial charge in [0.15, 0.2) is 0 Å². The van der Waals surface area contributed by atoms with E-state index in [1.54, 1.807) is 12.1 Å². The van der Waals surface area contributed by atoms with Gasteiger partial charge in [0.2, 0.25) is 5.91 Å². The number of carbonyl (C=O) groups is 1. The van der Waals surface area contributed by atoms with Gasteiger partial charge in [0.05, 0.1) is 29.9 Å². The van der Waals surface area contributed by atoms with Crippen LogP contribution in [0.4, 0.5) is 5.69 Å². The van der Waals surface area contributed by atoms with Crippen molar-refractivity contribution in [2.24, 2.45) is 0 Å². The van der Waals surface area contributed by atoms with Crippen molar-refractivity contribution in [2.45, 2.75) is 10.9 Å². The average Bonchev–Trinajstić information content (AvgIpc) is 2.73. The van der Waals surface area contributed by atoms with Gasteiger partial charge in [-0.1, -0.05) is 30.3 Å². The second-order valence-electron chi connectivity index (χ2n) is 6.48. The third kappa shape index (κ3) is 6.05. The topological polar surface area (TPSA) is 84.7 Å². The van der Waals surface area contributed by atoms with Gasteiger partial charge < -0.3 is 10.1 Å². The van der Waals surface area contributed by atoms with Gasteiger partial charge in [0.25, 0.3) is 5.69 Å². The standard InChI is InChI=1S/C20H23N3O4S/c24-20(15-28-18-8-6-17(7-9-18)23(25)26)21-19(16-4-2-1-3-5-16)14-22-10-12-27-13-11-22/h1-9,19H,10-15H2,(H,21,24)/t19-/m0/s1. The zero-order valence-corrected chi connectivity index (χ0v) is 16.3. The number of rotatable bonds is 8. The largest absolute Gasteiger partial charge is 0.379 e. The van der Waals surface area contributed by atoms with Gasteiger partial charge in [-0.2, -0.15) is 0 Å². The molecule has 28 heavy (non-hydrogen) atoms. The summed E-state index contributed by atoms with van der Waals surface area (Å²) in [4.78, 5) is 25.9. The highest BCUT2D eigenvalue weighted by molar-refractivity contribution is 8.00. The summed E-state index contributed by atoms with van der Waals surface area (Å²) in [5, 5.41) is 13.9. The molecule has 0 spiro atoms.